The number of carbonyl (C=O) groups excluding carboxylic acids is 2. The van der Waals surface area contributed by atoms with Gasteiger partial charge in [-0.2, -0.15) is 0 Å². The zero-order chi connectivity index (χ0) is 11.0. The van der Waals surface area contributed by atoms with E-state index < -0.39 is 0 Å². The van der Waals surface area contributed by atoms with E-state index in [1.54, 1.807) is 0 Å². The molecule has 1 amide bonds. The first-order valence-corrected chi connectivity index (χ1v) is 5.63. The van der Waals surface area contributed by atoms with E-state index in [2.05, 4.69) is 11.8 Å². The average Bonchev–Trinajstić information content (AvgIpc) is 2.08. The summed E-state index contributed by atoms with van der Waals surface area (Å²) in [7, 11) is 0. The van der Waals surface area contributed by atoms with Gasteiger partial charge in [-0.3, -0.25) is 14.5 Å². The Kier molecular flexibility index (Phi) is 2.78. The highest BCUT2D eigenvalue weighted by atomic mass is 16.1. The molecule has 1 aliphatic carbocycles. The maximum Gasteiger partial charge on any atom is 0.223 e. The number of amides is 1. The van der Waals surface area contributed by atoms with Gasteiger partial charge in [0.2, 0.25) is 5.91 Å². The van der Waals surface area contributed by atoms with Gasteiger partial charge in [0, 0.05) is 32.0 Å². The molecule has 1 saturated carbocycles. The summed E-state index contributed by atoms with van der Waals surface area (Å²) < 4.78 is 0. The Bertz CT molecular complexity index is 284. The van der Waals surface area contributed by atoms with Gasteiger partial charge in [-0.25, -0.2) is 0 Å². The topological polar surface area (TPSA) is 63.4 Å². The van der Waals surface area contributed by atoms with Crippen LogP contribution in [-0.4, -0.2) is 35.7 Å². The van der Waals surface area contributed by atoms with E-state index in [1.165, 1.54) is 0 Å². The first-order chi connectivity index (χ1) is 7.08. The maximum absolute atomic E-state index is 11.4. The molecule has 84 valence electrons. The number of hydrogen-bond acceptors (Lipinski definition) is 3. The fourth-order valence-electron chi connectivity index (χ4n) is 2.57. The van der Waals surface area contributed by atoms with Gasteiger partial charge >= 0.3 is 0 Å². The Hall–Kier alpha value is -0.900. The number of likely N-dealkylation sites (tertiary alicyclic amines) is 1. The summed E-state index contributed by atoms with van der Waals surface area (Å²) in [6.07, 6.45) is 2.37. The monoisotopic (exact) mass is 210 g/mol. The summed E-state index contributed by atoms with van der Waals surface area (Å²) in [5, 5.41) is 0. The van der Waals surface area contributed by atoms with E-state index >= 15 is 0 Å². The van der Waals surface area contributed by atoms with Crippen molar-refractivity contribution in [2.75, 3.05) is 13.1 Å². The summed E-state index contributed by atoms with van der Waals surface area (Å²) in [6, 6.07) is 0.349. The molecule has 0 bridgehead atoms. The van der Waals surface area contributed by atoms with Crippen molar-refractivity contribution in [1.29, 1.82) is 0 Å². The molecule has 4 heteroatoms. The van der Waals surface area contributed by atoms with Crippen LogP contribution >= 0.6 is 0 Å². The minimum Gasteiger partial charge on any atom is -0.369 e. The van der Waals surface area contributed by atoms with E-state index in [0.29, 0.717) is 24.2 Å². The molecule has 0 radical (unpaired) electrons. The predicted molar refractivity (Wildman–Crippen MR) is 56.1 cm³/mol. The van der Waals surface area contributed by atoms with Crippen LogP contribution < -0.4 is 5.73 Å². The quantitative estimate of drug-likeness (QED) is 0.706. The van der Waals surface area contributed by atoms with Crippen LogP contribution in [0.15, 0.2) is 0 Å². The van der Waals surface area contributed by atoms with Crippen molar-refractivity contribution in [2.24, 2.45) is 17.6 Å². The Morgan fingerprint density at radius 1 is 1.47 bits per heavy atom. The highest BCUT2D eigenvalue weighted by Crippen LogP contribution is 2.30. The van der Waals surface area contributed by atoms with Gasteiger partial charge in [0.05, 0.1) is 5.92 Å². The molecule has 0 aromatic heterocycles. The van der Waals surface area contributed by atoms with Gasteiger partial charge < -0.3 is 5.73 Å². The zero-order valence-corrected chi connectivity index (χ0v) is 9.11. The summed E-state index contributed by atoms with van der Waals surface area (Å²) in [5.41, 5.74) is 5.22. The molecule has 1 saturated heterocycles. The first-order valence-electron chi connectivity index (χ1n) is 5.63. The van der Waals surface area contributed by atoms with Gasteiger partial charge in [0.25, 0.3) is 0 Å². The Morgan fingerprint density at radius 2 is 2.13 bits per heavy atom. The normalized spacial score (nSPS) is 33.8. The molecule has 0 aromatic carbocycles. The van der Waals surface area contributed by atoms with Crippen LogP contribution in [0.1, 0.15) is 26.2 Å². The smallest absolute Gasteiger partial charge is 0.223 e. The zero-order valence-electron chi connectivity index (χ0n) is 9.11. The minimum atomic E-state index is -0.207. The van der Waals surface area contributed by atoms with Crippen LogP contribution in [0.4, 0.5) is 0 Å². The van der Waals surface area contributed by atoms with Crippen LogP contribution in [0.3, 0.4) is 0 Å². The van der Waals surface area contributed by atoms with Crippen molar-refractivity contribution in [3.63, 3.8) is 0 Å². The van der Waals surface area contributed by atoms with Gasteiger partial charge in [-0.1, -0.05) is 6.92 Å². The summed E-state index contributed by atoms with van der Waals surface area (Å²) >= 11 is 0. The van der Waals surface area contributed by atoms with Crippen molar-refractivity contribution in [1.82, 2.24) is 4.90 Å². The van der Waals surface area contributed by atoms with Crippen molar-refractivity contribution in [3.8, 4) is 0 Å². The van der Waals surface area contributed by atoms with Crippen LogP contribution in [-0.2, 0) is 9.59 Å². The minimum absolute atomic E-state index is 0.00854. The van der Waals surface area contributed by atoms with Gasteiger partial charge in [-0.15, -0.1) is 0 Å². The SMILES string of the molecule is CC1CCC(=O)CC1N1CC(C(N)=O)C1. The molecule has 0 spiro atoms. The van der Waals surface area contributed by atoms with E-state index in [1.807, 2.05) is 0 Å². The van der Waals surface area contributed by atoms with E-state index in [0.717, 1.165) is 25.9 Å². The van der Waals surface area contributed by atoms with E-state index in [4.69, 9.17) is 5.73 Å². The molecule has 2 rings (SSSR count). The lowest BCUT2D eigenvalue weighted by Gasteiger charge is -2.46. The first kappa shape index (κ1) is 10.6. The summed E-state index contributed by atoms with van der Waals surface area (Å²) in [5.74, 6) is 0.729. The fourth-order valence-corrected chi connectivity index (χ4v) is 2.57. The van der Waals surface area contributed by atoms with Gasteiger partial charge in [-0.05, 0) is 12.3 Å². The van der Waals surface area contributed by atoms with Crippen LogP contribution in [0.5, 0.6) is 0 Å². The second kappa shape index (κ2) is 3.93. The number of nitrogens with zero attached hydrogens (tertiary/aromatic N) is 1. The highest BCUT2D eigenvalue weighted by molar-refractivity contribution is 5.80. The summed E-state index contributed by atoms with van der Waals surface area (Å²) in [6.45, 7) is 3.68. The van der Waals surface area contributed by atoms with E-state index in [9.17, 15) is 9.59 Å². The van der Waals surface area contributed by atoms with Crippen molar-refractivity contribution >= 4 is 11.7 Å². The largest absolute Gasteiger partial charge is 0.369 e. The van der Waals surface area contributed by atoms with E-state index in [-0.39, 0.29) is 11.8 Å². The number of Topliss-reactive ketones (excluding diaryl/α,β-unsaturated/α-hetero) is 1. The number of hydrogen-bond donors (Lipinski definition) is 1. The second-order valence-electron chi connectivity index (χ2n) is 4.88. The number of carbonyl (C=O) groups is 2. The molecule has 1 heterocycles. The fraction of sp³-hybridized carbons (Fsp3) is 0.818. The van der Waals surface area contributed by atoms with Crippen LogP contribution in [0.25, 0.3) is 0 Å². The van der Waals surface area contributed by atoms with Crippen molar-refractivity contribution in [2.45, 2.75) is 32.2 Å². The third kappa shape index (κ3) is 2.04. The molecule has 15 heavy (non-hydrogen) atoms. The highest BCUT2D eigenvalue weighted by Gasteiger charge is 2.39. The van der Waals surface area contributed by atoms with Gasteiger partial charge in [0.15, 0.2) is 0 Å². The Balaban J connectivity index is 1.89. The van der Waals surface area contributed by atoms with Crippen molar-refractivity contribution < 1.29 is 9.59 Å². The second-order valence-corrected chi connectivity index (χ2v) is 4.88. The molecule has 1 aliphatic heterocycles. The molecule has 4 nitrogen and oxygen atoms in total. The molecule has 2 unspecified atom stereocenters. The summed E-state index contributed by atoms with van der Waals surface area (Å²) in [4.78, 5) is 24.5. The molecular formula is C11H18N2O2. The van der Waals surface area contributed by atoms with Crippen molar-refractivity contribution in [3.05, 3.63) is 0 Å². The maximum atomic E-state index is 11.4. The third-order valence-electron chi connectivity index (χ3n) is 3.75. The third-order valence-corrected chi connectivity index (χ3v) is 3.75. The molecule has 2 atom stereocenters. The molecule has 2 aliphatic rings. The predicted octanol–water partition coefficient (Wildman–Crippen LogP) is 0.161. The molecule has 2 fully saturated rings. The number of primary amides is 1. The number of ketones is 1. The van der Waals surface area contributed by atoms with Crippen LogP contribution in [0, 0.1) is 11.8 Å². The Labute approximate surface area is 89.8 Å². The van der Waals surface area contributed by atoms with Crippen LogP contribution in [0.2, 0.25) is 0 Å². The molecular weight excluding hydrogens is 192 g/mol. The molecule has 0 aromatic rings. The Morgan fingerprint density at radius 3 is 2.73 bits per heavy atom. The number of nitrogens with two attached hydrogens (primary N) is 1. The lowest BCUT2D eigenvalue weighted by molar-refractivity contribution is -0.131. The number of rotatable bonds is 2. The lowest BCUT2D eigenvalue weighted by Crippen LogP contribution is -2.59. The van der Waals surface area contributed by atoms with Gasteiger partial charge in [0.1, 0.15) is 5.78 Å². The lowest BCUT2D eigenvalue weighted by atomic mass is 9.81. The standard InChI is InChI=1S/C11H18N2O2/c1-7-2-3-9(14)4-10(7)13-5-8(6-13)11(12)15/h7-8,10H,2-6H2,1H3,(H2,12,15). The molecule has 2 N–H and O–H groups in total. The average molecular weight is 210 g/mol.